The molecule has 0 atom stereocenters. The molecule has 0 radical (unpaired) electrons. The Hall–Kier alpha value is -1.15. The van der Waals surface area contributed by atoms with Gasteiger partial charge in [0.15, 0.2) is 0 Å². The Bertz CT molecular complexity index is 607. The minimum Gasteiger partial charge on any atom is -0.279 e. The number of hydrogen-bond donors (Lipinski definition) is 1. The first-order chi connectivity index (χ1) is 9.85. The molecule has 1 aromatic heterocycles. The summed E-state index contributed by atoms with van der Waals surface area (Å²) in [5, 5.41) is 0. The Morgan fingerprint density at radius 2 is 1.17 bits per heavy atom. The average Bonchev–Trinajstić information content (AvgIpc) is 2.23. The highest BCUT2D eigenvalue weighted by Gasteiger charge is 2.44. The quantitative estimate of drug-likeness (QED) is 0.554. The Morgan fingerprint density at radius 1 is 0.913 bits per heavy atom. The molecule has 134 valence electrons. The molecule has 8 heteroatoms. The van der Waals surface area contributed by atoms with Gasteiger partial charge in [0.25, 0.3) is 0 Å². The normalized spacial score (nSPS) is 13.3. The van der Waals surface area contributed by atoms with Gasteiger partial charge in [0.1, 0.15) is 0 Å². The summed E-state index contributed by atoms with van der Waals surface area (Å²) in [6.45, 7) is 15.4. The lowest BCUT2D eigenvalue weighted by molar-refractivity contribution is -0.0510. The zero-order chi connectivity index (χ0) is 18.9. The van der Waals surface area contributed by atoms with Gasteiger partial charge in [-0.25, -0.2) is 0 Å². The summed E-state index contributed by atoms with van der Waals surface area (Å²) in [6.07, 6.45) is 0. The topological polar surface area (TPSA) is 67.3 Å². The number of alkyl halides is 3. The van der Waals surface area contributed by atoms with Crippen LogP contribution in [-0.4, -0.2) is 23.5 Å². The minimum atomic E-state index is -5.84. The maximum atomic E-state index is 10.7. The van der Waals surface area contributed by atoms with Gasteiger partial charge in [-0.15, -0.1) is 0 Å². The number of hydrogen-bond acceptors (Lipinski definition) is 3. The van der Waals surface area contributed by atoms with Crippen molar-refractivity contribution in [3.05, 3.63) is 29.1 Å². The standard InChI is InChI=1S/C14H23N.CHF3O3S/c1-10-8-11(13(2,3)4)15-12(9-10)14(5,6)7;2-1(3,4)8(5,6)7/h8-9H,1-7H3;(H,5,6,7). The van der Waals surface area contributed by atoms with Gasteiger partial charge in [0, 0.05) is 22.2 Å². The molecule has 1 heterocycles. The highest BCUT2D eigenvalue weighted by Crippen LogP contribution is 2.26. The van der Waals surface area contributed by atoms with Crippen molar-refractivity contribution in [2.45, 2.75) is 64.8 Å². The summed E-state index contributed by atoms with van der Waals surface area (Å²) >= 11 is 0. The van der Waals surface area contributed by atoms with E-state index < -0.39 is 15.6 Å². The Morgan fingerprint density at radius 3 is 1.35 bits per heavy atom. The molecule has 0 aromatic carbocycles. The van der Waals surface area contributed by atoms with E-state index in [0.717, 1.165) is 0 Å². The van der Waals surface area contributed by atoms with Gasteiger partial charge < -0.3 is 0 Å². The molecule has 0 spiro atoms. The van der Waals surface area contributed by atoms with Crippen LogP contribution in [0.3, 0.4) is 0 Å². The molecule has 23 heavy (non-hydrogen) atoms. The number of halogens is 3. The SMILES string of the molecule is Cc1cc(C(C)(C)C)nc(C(C)(C)C)c1.O=S(=O)(O)C(F)(F)F. The smallest absolute Gasteiger partial charge is 0.279 e. The number of aryl methyl sites for hydroxylation is 1. The van der Waals surface area contributed by atoms with E-state index in [1.807, 2.05) is 0 Å². The summed E-state index contributed by atoms with van der Waals surface area (Å²) < 4.78 is 57.5. The molecule has 0 bridgehead atoms. The van der Waals surface area contributed by atoms with E-state index >= 15 is 0 Å². The van der Waals surface area contributed by atoms with Crippen molar-refractivity contribution in [2.75, 3.05) is 0 Å². The molecule has 1 aromatic rings. The van der Waals surface area contributed by atoms with Crippen LogP contribution < -0.4 is 0 Å². The van der Waals surface area contributed by atoms with Crippen molar-refractivity contribution in [2.24, 2.45) is 0 Å². The first-order valence-electron chi connectivity index (χ1n) is 6.89. The van der Waals surface area contributed by atoms with Crippen LogP contribution in [0, 0.1) is 6.92 Å². The molecule has 0 saturated carbocycles. The van der Waals surface area contributed by atoms with E-state index in [1.54, 1.807) is 0 Å². The first-order valence-corrected chi connectivity index (χ1v) is 8.33. The predicted octanol–water partition coefficient (Wildman–Crippen LogP) is 4.38. The van der Waals surface area contributed by atoms with Crippen molar-refractivity contribution in [3.63, 3.8) is 0 Å². The molecule has 4 nitrogen and oxygen atoms in total. The zero-order valence-corrected chi connectivity index (χ0v) is 15.2. The second-order valence-electron chi connectivity index (χ2n) is 7.34. The van der Waals surface area contributed by atoms with E-state index in [9.17, 15) is 13.2 Å². The van der Waals surface area contributed by atoms with Gasteiger partial charge in [-0.05, 0) is 24.6 Å². The molecule has 1 rings (SSSR count). The third-order valence-electron chi connectivity index (χ3n) is 2.80. The van der Waals surface area contributed by atoms with Crippen LogP contribution in [0.1, 0.15) is 58.5 Å². The van der Waals surface area contributed by atoms with Crippen LogP contribution in [0.2, 0.25) is 0 Å². The predicted molar refractivity (Wildman–Crippen MR) is 84.0 cm³/mol. The number of rotatable bonds is 0. The number of nitrogens with zero attached hydrogens (tertiary/aromatic N) is 1. The Balaban J connectivity index is 0.000000515. The van der Waals surface area contributed by atoms with Gasteiger partial charge >= 0.3 is 15.6 Å². The second kappa shape index (κ2) is 6.76. The van der Waals surface area contributed by atoms with E-state index in [1.165, 1.54) is 17.0 Å². The largest absolute Gasteiger partial charge is 0.522 e. The van der Waals surface area contributed by atoms with Gasteiger partial charge in [-0.1, -0.05) is 41.5 Å². The average molecular weight is 355 g/mol. The highest BCUT2D eigenvalue weighted by molar-refractivity contribution is 7.86. The molecule has 0 fully saturated rings. The molecule has 0 unspecified atom stereocenters. The monoisotopic (exact) mass is 355 g/mol. The van der Waals surface area contributed by atoms with Crippen LogP contribution >= 0.6 is 0 Å². The number of aromatic nitrogens is 1. The van der Waals surface area contributed by atoms with E-state index in [0.29, 0.717) is 0 Å². The zero-order valence-electron chi connectivity index (χ0n) is 14.4. The molecule has 0 aliphatic rings. The Labute approximate surface area is 135 Å². The molecule has 1 N–H and O–H groups in total. The van der Waals surface area contributed by atoms with Crippen molar-refractivity contribution in [1.82, 2.24) is 4.98 Å². The van der Waals surface area contributed by atoms with Crippen LogP contribution in [0.5, 0.6) is 0 Å². The van der Waals surface area contributed by atoms with Crippen molar-refractivity contribution < 1.29 is 26.1 Å². The van der Waals surface area contributed by atoms with Gasteiger partial charge in [-0.2, -0.15) is 21.6 Å². The maximum Gasteiger partial charge on any atom is 0.522 e. The summed E-state index contributed by atoms with van der Waals surface area (Å²) in [5.41, 5.74) is -1.59. The summed E-state index contributed by atoms with van der Waals surface area (Å²) in [7, 11) is -5.84. The van der Waals surface area contributed by atoms with Gasteiger partial charge in [0.05, 0.1) is 0 Å². The fourth-order valence-corrected chi connectivity index (χ4v) is 1.44. The molecule has 0 saturated heterocycles. The summed E-state index contributed by atoms with van der Waals surface area (Å²) in [4.78, 5) is 4.78. The van der Waals surface area contributed by atoms with Crippen molar-refractivity contribution in [3.8, 4) is 0 Å². The highest BCUT2D eigenvalue weighted by atomic mass is 32.2. The lowest BCUT2D eigenvalue weighted by atomic mass is 9.87. The number of pyridine rings is 1. The van der Waals surface area contributed by atoms with E-state index in [-0.39, 0.29) is 10.8 Å². The molecular weight excluding hydrogens is 331 g/mol. The summed E-state index contributed by atoms with van der Waals surface area (Å²) in [5.74, 6) is 0. The van der Waals surface area contributed by atoms with Crippen molar-refractivity contribution >= 4 is 10.1 Å². The molecule has 0 amide bonds. The fourth-order valence-electron chi connectivity index (χ4n) is 1.44. The van der Waals surface area contributed by atoms with E-state index in [4.69, 9.17) is 18.0 Å². The molecule has 0 aliphatic carbocycles. The first kappa shape index (κ1) is 21.9. The van der Waals surface area contributed by atoms with Crippen LogP contribution in [0.15, 0.2) is 12.1 Å². The van der Waals surface area contributed by atoms with Gasteiger partial charge in [0.2, 0.25) is 0 Å². The van der Waals surface area contributed by atoms with Crippen LogP contribution in [-0.2, 0) is 20.9 Å². The Kier molecular flexibility index (Phi) is 6.43. The van der Waals surface area contributed by atoms with E-state index in [2.05, 4.69) is 60.6 Å². The second-order valence-corrected chi connectivity index (χ2v) is 8.75. The van der Waals surface area contributed by atoms with Crippen LogP contribution in [0.4, 0.5) is 13.2 Å². The lowest BCUT2D eigenvalue weighted by Crippen LogP contribution is -2.21. The van der Waals surface area contributed by atoms with Gasteiger partial charge in [-0.3, -0.25) is 9.54 Å². The fraction of sp³-hybridized carbons (Fsp3) is 0.667. The molecular formula is C15H24F3NO3S. The van der Waals surface area contributed by atoms with Crippen LogP contribution in [0.25, 0.3) is 0 Å². The minimum absolute atomic E-state index is 0.131. The maximum absolute atomic E-state index is 10.7. The van der Waals surface area contributed by atoms with Crippen molar-refractivity contribution in [1.29, 1.82) is 0 Å². The summed E-state index contributed by atoms with van der Waals surface area (Å²) in [6, 6.07) is 4.38. The third kappa shape index (κ3) is 7.30. The third-order valence-corrected chi connectivity index (χ3v) is 3.38. The molecule has 0 aliphatic heterocycles. The lowest BCUT2D eigenvalue weighted by Gasteiger charge is -2.24.